The summed E-state index contributed by atoms with van der Waals surface area (Å²) in [6.07, 6.45) is 0.347. The molecule has 1 N–H and O–H groups in total. The van der Waals surface area contributed by atoms with Gasteiger partial charge >= 0.3 is 0 Å². The van der Waals surface area contributed by atoms with Crippen molar-refractivity contribution in [2.45, 2.75) is 57.6 Å². The fourth-order valence-electron chi connectivity index (χ4n) is 3.39. The van der Waals surface area contributed by atoms with Gasteiger partial charge in [0.1, 0.15) is 6.04 Å². The number of likely N-dealkylation sites (N-methyl/N-ethyl adjacent to an activating group) is 1. The molecular weight excluding hydrogens is 497 g/mol. The number of benzene rings is 2. The average Bonchev–Trinajstić information content (AvgIpc) is 2.75. The number of sulfonamides is 1. The molecule has 7 nitrogen and oxygen atoms in total. The minimum atomic E-state index is -3.89. The van der Waals surface area contributed by atoms with Gasteiger partial charge in [0.25, 0.3) is 0 Å². The molecule has 0 saturated heterocycles. The molecule has 186 valence electrons. The second-order valence-corrected chi connectivity index (χ2v) is 11.3. The molecule has 1 atom stereocenters. The maximum absolute atomic E-state index is 13.4. The van der Waals surface area contributed by atoms with Gasteiger partial charge in [-0.3, -0.25) is 9.59 Å². The maximum atomic E-state index is 13.4. The van der Waals surface area contributed by atoms with Crippen LogP contribution in [0.25, 0.3) is 0 Å². The van der Waals surface area contributed by atoms with E-state index in [1.807, 2.05) is 20.8 Å². The van der Waals surface area contributed by atoms with Crippen molar-refractivity contribution < 1.29 is 18.0 Å². The monoisotopic (exact) mass is 527 g/mol. The predicted molar refractivity (Wildman–Crippen MR) is 135 cm³/mol. The zero-order valence-electron chi connectivity index (χ0n) is 20.0. The molecule has 0 radical (unpaired) electrons. The van der Waals surface area contributed by atoms with Crippen LogP contribution in [0.4, 0.5) is 0 Å². The molecule has 34 heavy (non-hydrogen) atoms. The molecular formula is C24H31Cl2N3O4S. The van der Waals surface area contributed by atoms with E-state index in [1.165, 1.54) is 24.1 Å². The van der Waals surface area contributed by atoms with Crippen LogP contribution in [0.2, 0.25) is 10.0 Å². The maximum Gasteiger partial charge on any atom is 0.243 e. The van der Waals surface area contributed by atoms with E-state index in [0.29, 0.717) is 22.0 Å². The molecule has 0 fully saturated rings. The highest BCUT2D eigenvalue weighted by atomic mass is 35.5. The zero-order chi connectivity index (χ0) is 25.6. The molecule has 2 amide bonds. The Morgan fingerprint density at radius 2 is 1.65 bits per heavy atom. The van der Waals surface area contributed by atoms with E-state index in [9.17, 15) is 18.0 Å². The Morgan fingerprint density at radius 3 is 2.18 bits per heavy atom. The molecule has 0 saturated carbocycles. The van der Waals surface area contributed by atoms with Crippen LogP contribution < -0.4 is 5.32 Å². The number of carbonyl (C=O) groups excluding carboxylic acids is 2. The molecule has 0 spiro atoms. The van der Waals surface area contributed by atoms with Crippen LogP contribution in [0, 0.1) is 6.92 Å². The Hall–Kier alpha value is -2.13. The molecule has 0 aliphatic heterocycles. The smallest absolute Gasteiger partial charge is 0.243 e. The van der Waals surface area contributed by atoms with Crippen LogP contribution >= 0.6 is 23.2 Å². The second-order valence-electron chi connectivity index (χ2n) is 8.43. The van der Waals surface area contributed by atoms with Crippen LogP contribution in [0.1, 0.15) is 38.3 Å². The molecule has 2 aromatic carbocycles. The topological polar surface area (TPSA) is 86.8 Å². The van der Waals surface area contributed by atoms with Gasteiger partial charge in [-0.05, 0) is 57.0 Å². The van der Waals surface area contributed by atoms with Crippen molar-refractivity contribution in [2.75, 3.05) is 13.6 Å². The van der Waals surface area contributed by atoms with E-state index in [1.54, 1.807) is 37.3 Å². The van der Waals surface area contributed by atoms with Crippen molar-refractivity contribution >= 4 is 45.0 Å². The number of nitrogens with zero attached hydrogens (tertiary/aromatic N) is 2. The molecule has 2 rings (SSSR count). The van der Waals surface area contributed by atoms with Crippen molar-refractivity contribution in [1.29, 1.82) is 0 Å². The van der Waals surface area contributed by atoms with E-state index < -0.39 is 28.5 Å². The zero-order valence-corrected chi connectivity index (χ0v) is 22.3. The van der Waals surface area contributed by atoms with Gasteiger partial charge in [0, 0.05) is 19.6 Å². The predicted octanol–water partition coefficient (Wildman–Crippen LogP) is 4.25. The number of carbonyl (C=O) groups is 2. The summed E-state index contributed by atoms with van der Waals surface area (Å²) in [5, 5.41) is 3.53. The minimum absolute atomic E-state index is 0.0676. The largest absolute Gasteiger partial charge is 0.352 e. The van der Waals surface area contributed by atoms with Crippen molar-refractivity contribution in [1.82, 2.24) is 14.5 Å². The summed E-state index contributed by atoms with van der Waals surface area (Å²) < 4.78 is 27.0. The van der Waals surface area contributed by atoms with E-state index in [0.717, 1.165) is 9.87 Å². The molecule has 10 heteroatoms. The van der Waals surface area contributed by atoms with Gasteiger partial charge in [0.05, 0.1) is 21.5 Å². The highest BCUT2D eigenvalue weighted by Gasteiger charge is 2.32. The highest BCUT2D eigenvalue weighted by molar-refractivity contribution is 7.89. The third-order valence-corrected chi connectivity index (χ3v) is 7.80. The fraction of sp³-hybridized carbons (Fsp3) is 0.417. The van der Waals surface area contributed by atoms with E-state index >= 15 is 0 Å². The minimum Gasteiger partial charge on any atom is -0.352 e. The quantitative estimate of drug-likeness (QED) is 0.500. The first kappa shape index (κ1) is 28.1. The molecule has 0 heterocycles. The van der Waals surface area contributed by atoms with Crippen molar-refractivity contribution in [3.63, 3.8) is 0 Å². The van der Waals surface area contributed by atoms with Gasteiger partial charge in [-0.1, -0.05) is 53.9 Å². The average molecular weight is 529 g/mol. The Labute approximate surface area is 212 Å². The van der Waals surface area contributed by atoms with Gasteiger partial charge in [-0.2, -0.15) is 4.31 Å². The Kier molecular flexibility index (Phi) is 9.94. The van der Waals surface area contributed by atoms with Crippen LogP contribution in [0.3, 0.4) is 0 Å². The van der Waals surface area contributed by atoms with Gasteiger partial charge in [-0.15, -0.1) is 0 Å². The van der Waals surface area contributed by atoms with E-state index in [2.05, 4.69) is 5.32 Å². The lowest BCUT2D eigenvalue weighted by Gasteiger charge is -2.32. The number of amides is 2. The van der Waals surface area contributed by atoms with E-state index in [4.69, 9.17) is 23.2 Å². The lowest BCUT2D eigenvalue weighted by atomic mass is 10.1. The number of halogens is 2. The van der Waals surface area contributed by atoms with Crippen LogP contribution in [-0.4, -0.2) is 55.1 Å². The standard InChI is InChI=1S/C24H31Cl2N3O4S/c1-6-22(24(31)27-16(2)3)29(14-18-9-12-20(25)21(26)13-18)23(30)15-28(5)34(32,33)19-10-7-17(4)8-11-19/h7-13,16,22H,6,14-15H2,1-5H3,(H,27,31)/t22-/m1/s1. The SMILES string of the molecule is CC[C@H](C(=O)NC(C)C)N(Cc1ccc(Cl)c(Cl)c1)C(=O)CN(C)S(=O)(=O)c1ccc(C)cc1. The molecule has 0 aliphatic rings. The number of hydrogen-bond acceptors (Lipinski definition) is 4. The normalized spacial score (nSPS) is 12.6. The van der Waals surface area contributed by atoms with E-state index in [-0.39, 0.29) is 23.4 Å². The second kappa shape index (κ2) is 12.0. The third kappa shape index (κ3) is 7.18. The molecule has 0 bridgehead atoms. The Bertz CT molecular complexity index is 1120. The van der Waals surface area contributed by atoms with Gasteiger partial charge < -0.3 is 10.2 Å². The van der Waals surface area contributed by atoms with Crippen molar-refractivity contribution in [3.05, 3.63) is 63.6 Å². The molecule has 2 aromatic rings. The lowest BCUT2D eigenvalue weighted by molar-refractivity contribution is -0.141. The first-order chi connectivity index (χ1) is 15.9. The Morgan fingerprint density at radius 1 is 1.03 bits per heavy atom. The summed E-state index contributed by atoms with van der Waals surface area (Å²) in [4.78, 5) is 27.8. The van der Waals surface area contributed by atoms with Gasteiger partial charge in [-0.25, -0.2) is 8.42 Å². The highest BCUT2D eigenvalue weighted by Crippen LogP contribution is 2.24. The van der Waals surface area contributed by atoms with Crippen LogP contribution in [-0.2, 0) is 26.2 Å². The van der Waals surface area contributed by atoms with Gasteiger partial charge in [0.15, 0.2) is 0 Å². The van der Waals surface area contributed by atoms with Crippen molar-refractivity contribution in [3.8, 4) is 0 Å². The Balaban J connectivity index is 2.35. The van der Waals surface area contributed by atoms with Crippen LogP contribution in [0.5, 0.6) is 0 Å². The summed E-state index contributed by atoms with van der Waals surface area (Å²) in [6.45, 7) is 6.96. The lowest BCUT2D eigenvalue weighted by Crippen LogP contribution is -2.52. The number of rotatable bonds is 10. The number of nitrogens with one attached hydrogen (secondary N) is 1. The third-order valence-electron chi connectivity index (χ3n) is 5.24. The van der Waals surface area contributed by atoms with Gasteiger partial charge in [0.2, 0.25) is 21.8 Å². The van der Waals surface area contributed by atoms with Crippen molar-refractivity contribution in [2.24, 2.45) is 0 Å². The first-order valence-corrected chi connectivity index (χ1v) is 13.1. The first-order valence-electron chi connectivity index (χ1n) is 10.9. The summed E-state index contributed by atoms with van der Waals surface area (Å²) in [6, 6.07) is 10.5. The molecule has 0 aliphatic carbocycles. The molecule has 0 aromatic heterocycles. The molecule has 0 unspecified atom stereocenters. The van der Waals surface area contributed by atoms with Crippen LogP contribution in [0.15, 0.2) is 47.4 Å². The fourth-order valence-corrected chi connectivity index (χ4v) is 4.83. The number of hydrogen-bond donors (Lipinski definition) is 1. The summed E-state index contributed by atoms with van der Waals surface area (Å²) in [5.74, 6) is -0.815. The summed E-state index contributed by atoms with van der Waals surface area (Å²) in [5.41, 5.74) is 1.59. The number of aryl methyl sites for hydroxylation is 1. The summed E-state index contributed by atoms with van der Waals surface area (Å²) >= 11 is 12.2. The summed E-state index contributed by atoms with van der Waals surface area (Å²) in [7, 11) is -2.55.